The molecule has 9 heteroatoms. The zero-order valence-electron chi connectivity index (χ0n) is 12.9. The summed E-state index contributed by atoms with van der Waals surface area (Å²) in [7, 11) is 0. The topological polar surface area (TPSA) is 93.3 Å². The van der Waals surface area contributed by atoms with Crippen molar-refractivity contribution in [2.75, 3.05) is 6.61 Å². The highest BCUT2D eigenvalue weighted by Gasteiger charge is 2.55. The Morgan fingerprint density at radius 2 is 2.25 bits per heavy atom. The van der Waals surface area contributed by atoms with Gasteiger partial charge in [-0.3, -0.25) is 4.57 Å². The Labute approximate surface area is 136 Å². The van der Waals surface area contributed by atoms with Crippen molar-refractivity contribution < 1.29 is 23.7 Å². The number of aliphatic hydroxyl groups is 2. The SMILES string of the molecule is C#CC1(CO)OC(n2cnc3c(CCC)nc(F)nc32)C(F)C1O. The van der Waals surface area contributed by atoms with Crippen molar-refractivity contribution in [2.24, 2.45) is 0 Å². The lowest BCUT2D eigenvalue weighted by Gasteiger charge is -2.23. The molecule has 0 aliphatic carbocycles. The molecule has 1 aliphatic heterocycles. The van der Waals surface area contributed by atoms with Crippen LogP contribution in [-0.2, 0) is 11.2 Å². The smallest absolute Gasteiger partial charge is 0.310 e. The Kier molecular flexibility index (Phi) is 4.21. The molecule has 3 rings (SSSR count). The van der Waals surface area contributed by atoms with E-state index < -0.39 is 36.8 Å². The van der Waals surface area contributed by atoms with Gasteiger partial charge in [-0.1, -0.05) is 19.3 Å². The fourth-order valence-electron chi connectivity index (χ4n) is 2.81. The Hall–Kier alpha value is -2.15. The second-order valence-electron chi connectivity index (χ2n) is 5.60. The lowest BCUT2D eigenvalue weighted by atomic mass is 9.98. The summed E-state index contributed by atoms with van der Waals surface area (Å²) in [6, 6.07) is 0. The van der Waals surface area contributed by atoms with Crippen molar-refractivity contribution in [3.8, 4) is 12.3 Å². The average molecular weight is 338 g/mol. The number of hydrogen-bond donors (Lipinski definition) is 2. The monoisotopic (exact) mass is 338 g/mol. The maximum Gasteiger partial charge on any atom is 0.310 e. The second-order valence-corrected chi connectivity index (χ2v) is 5.60. The van der Waals surface area contributed by atoms with Crippen molar-refractivity contribution in [2.45, 2.75) is 43.9 Å². The van der Waals surface area contributed by atoms with Crippen LogP contribution in [0.15, 0.2) is 6.33 Å². The molecule has 4 atom stereocenters. The first-order valence-electron chi connectivity index (χ1n) is 7.45. The van der Waals surface area contributed by atoms with Crippen molar-refractivity contribution in [1.29, 1.82) is 0 Å². The number of aryl methyl sites for hydroxylation is 1. The van der Waals surface area contributed by atoms with E-state index in [1.54, 1.807) is 0 Å². The summed E-state index contributed by atoms with van der Waals surface area (Å²) in [6.45, 7) is 1.14. The third kappa shape index (κ3) is 2.34. The highest BCUT2D eigenvalue weighted by molar-refractivity contribution is 5.73. The molecular weight excluding hydrogens is 322 g/mol. The van der Waals surface area contributed by atoms with E-state index in [1.807, 2.05) is 6.92 Å². The predicted octanol–water partition coefficient (Wildman–Crippen LogP) is 0.510. The van der Waals surface area contributed by atoms with Crippen molar-refractivity contribution >= 4 is 11.2 Å². The second kappa shape index (κ2) is 6.05. The minimum Gasteiger partial charge on any atom is -0.392 e. The van der Waals surface area contributed by atoms with E-state index in [9.17, 15) is 19.0 Å². The first-order valence-corrected chi connectivity index (χ1v) is 7.45. The number of halogens is 2. The molecular formula is C15H16F2N4O3. The van der Waals surface area contributed by atoms with Crippen LogP contribution in [0.2, 0.25) is 0 Å². The van der Waals surface area contributed by atoms with Crippen LogP contribution in [0.4, 0.5) is 8.78 Å². The molecule has 3 heterocycles. The van der Waals surface area contributed by atoms with Gasteiger partial charge in [-0.05, 0) is 6.42 Å². The molecule has 0 radical (unpaired) electrons. The van der Waals surface area contributed by atoms with E-state index in [-0.39, 0.29) is 5.65 Å². The number of alkyl halides is 1. The molecule has 4 unspecified atom stereocenters. The third-order valence-corrected chi connectivity index (χ3v) is 4.09. The first kappa shape index (κ1) is 16.7. The van der Waals surface area contributed by atoms with Gasteiger partial charge in [-0.15, -0.1) is 6.42 Å². The van der Waals surface area contributed by atoms with Crippen LogP contribution >= 0.6 is 0 Å². The molecule has 128 valence electrons. The summed E-state index contributed by atoms with van der Waals surface area (Å²) in [5, 5.41) is 19.4. The van der Waals surface area contributed by atoms with Gasteiger partial charge in [0.2, 0.25) is 0 Å². The van der Waals surface area contributed by atoms with Crippen LogP contribution in [0.25, 0.3) is 11.2 Å². The maximum absolute atomic E-state index is 14.5. The van der Waals surface area contributed by atoms with E-state index in [0.29, 0.717) is 24.1 Å². The zero-order valence-corrected chi connectivity index (χ0v) is 12.9. The van der Waals surface area contributed by atoms with Crippen molar-refractivity contribution in [3.05, 3.63) is 18.1 Å². The van der Waals surface area contributed by atoms with Crippen LogP contribution in [-0.4, -0.2) is 54.2 Å². The Balaban J connectivity index is 2.09. The lowest BCUT2D eigenvalue weighted by molar-refractivity contribution is -0.0900. The molecule has 2 N–H and O–H groups in total. The fourth-order valence-corrected chi connectivity index (χ4v) is 2.81. The number of fused-ring (bicyclic) bond motifs is 1. The van der Waals surface area contributed by atoms with Gasteiger partial charge in [0.05, 0.1) is 18.6 Å². The number of terminal acetylenes is 1. The molecule has 1 fully saturated rings. The zero-order chi connectivity index (χ0) is 17.5. The van der Waals surface area contributed by atoms with E-state index in [0.717, 1.165) is 4.57 Å². The number of rotatable bonds is 4. The standard InChI is InChI=1S/C15H16F2N4O3/c1-3-5-8-10-12(20-14(17)19-8)21(7-18-10)13-9(16)11(23)15(4-2,6-22)24-13/h2,7,9,11,13,22-23H,3,5-6H2,1H3. The summed E-state index contributed by atoms with van der Waals surface area (Å²) in [4.78, 5) is 11.5. The van der Waals surface area contributed by atoms with E-state index in [1.165, 1.54) is 6.33 Å². The highest BCUT2D eigenvalue weighted by atomic mass is 19.1. The number of imidazole rings is 1. The van der Waals surface area contributed by atoms with Crippen LogP contribution in [0.1, 0.15) is 25.3 Å². The number of aliphatic hydroxyl groups excluding tert-OH is 2. The maximum atomic E-state index is 14.5. The molecule has 0 amide bonds. The summed E-state index contributed by atoms with van der Waals surface area (Å²) < 4.78 is 34.8. The minimum absolute atomic E-state index is 0.0385. The minimum atomic E-state index is -1.95. The van der Waals surface area contributed by atoms with Gasteiger partial charge in [-0.2, -0.15) is 9.37 Å². The number of nitrogens with zero attached hydrogens (tertiary/aromatic N) is 4. The van der Waals surface area contributed by atoms with Gasteiger partial charge in [0.15, 0.2) is 23.6 Å². The normalized spacial score (nSPS) is 29.9. The van der Waals surface area contributed by atoms with Crippen LogP contribution < -0.4 is 0 Å². The molecule has 0 saturated carbocycles. The van der Waals surface area contributed by atoms with Gasteiger partial charge in [-0.25, -0.2) is 14.4 Å². The molecule has 2 aromatic rings. The number of ether oxygens (including phenoxy) is 1. The van der Waals surface area contributed by atoms with Crippen molar-refractivity contribution in [1.82, 2.24) is 19.5 Å². The first-order chi connectivity index (χ1) is 11.5. The Bertz CT molecular complexity index is 806. The molecule has 0 aromatic carbocycles. The summed E-state index contributed by atoms with van der Waals surface area (Å²) >= 11 is 0. The Morgan fingerprint density at radius 1 is 1.50 bits per heavy atom. The third-order valence-electron chi connectivity index (χ3n) is 4.09. The van der Waals surface area contributed by atoms with Gasteiger partial charge in [0.1, 0.15) is 11.6 Å². The van der Waals surface area contributed by atoms with Gasteiger partial charge in [0, 0.05) is 0 Å². The molecule has 1 aliphatic rings. The summed E-state index contributed by atoms with van der Waals surface area (Å²) in [6.07, 6.45) is 1.65. The highest BCUT2D eigenvalue weighted by Crippen LogP contribution is 2.39. The van der Waals surface area contributed by atoms with Crippen LogP contribution in [0.5, 0.6) is 0 Å². The Morgan fingerprint density at radius 3 is 2.83 bits per heavy atom. The molecule has 7 nitrogen and oxygen atoms in total. The molecule has 0 spiro atoms. The quantitative estimate of drug-likeness (QED) is 0.623. The van der Waals surface area contributed by atoms with Crippen LogP contribution in [0.3, 0.4) is 0 Å². The number of aromatic nitrogens is 4. The average Bonchev–Trinajstić information content (AvgIpc) is 3.09. The summed E-state index contributed by atoms with van der Waals surface area (Å²) in [5.41, 5.74) is -1.11. The van der Waals surface area contributed by atoms with Crippen molar-refractivity contribution in [3.63, 3.8) is 0 Å². The van der Waals surface area contributed by atoms with E-state index in [4.69, 9.17) is 11.2 Å². The molecule has 2 aromatic heterocycles. The summed E-state index contributed by atoms with van der Waals surface area (Å²) in [5.74, 6) is 2.09. The van der Waals surface area contributed by atoms with E-state index >= 15 is 0 Å². The van der Waals surface area contributed by atoms with Gasteiger partial charge < -0.3 is 14.9 Å². The predicted molar refractivity (Wildman–Crippen MR) is 79.0 cm³/mol. The van der Waals surface area contributed by atoms with E-state index in [2.05, 4.69) is 20.9 Å². The largest absolute Gasteiger partial charge is 0.392 e. The van der Waals surface area contributed by atoms with Gasteiger partial charge in [0.25, 0.3) is 0 Å². The lowest BCUT2D eigenvalue weighted by Crippen LogP contribution is -2.44. The molecule has 1 saturated heterocycles. The van der Waals surface area contributed by atoms with Gasteiger partial charge >= 0.3 is 6.08 Å². The number of hydrogen-bond acceptors (Lipinski definition) is 6. The van der Waals surface area contributed by atoms with Crippen LogP contribution in [0, 0.1) is 18.4 Å². The fraction of sp³-hybridized carbons (Fsp3) is 0.533. The molecule has 24 heavy (non-hydrogen) atoms. The molecule has 0 bridgehead atoms.